The van der Waals surface area contributed by atoms with Gasteiger partial charge in [0, 0.05) is 6.54 Å². The largest absolute Gasteiger partial charge is 0.496 e. The Morgan fingerprint density at radius 2 is 1.75 bits per heavy atom. The second-order valence-corrected chi connectivity index (χ2v) is 7.99. The van der Waals surface area contributed by atoms with E-state index in [0.717, 1.165) is 16.9 Å². The normalized spacial score (nSPS) is 11.3. The summed E-state index contributed by atoms with van der Waals surface area (Å²) in [5, 5.41) is 0. The van der Waals surface area contributed by atoms with Crippen LogP contribution in [0.1, 0.15) is 11.1 Å². The van der Waals surface area contributed by atoms with Gasteiger partial charge in [0.2, 0.25) is 10.0 Å². The lowest BCUT2D eigenvalue weighted by atomic mass is 10.1. The van der Waals surface area contributed by atoms with Crippen LogP contribution in [-0.4, -0.2) is 28.7 Å². The zero-order chi connectivity index (χ0) is 17.7. The zero-order valence-electron chi connectivity index (χ0n) is 13.8. The third kappa shape index (κ3) is 4.96. The standard InChI is InChI=1S/C17H20BrNO4S/c1-12-8-13(2)10-14(9-12)23-7-6-19-24(20,21)15-4-5-17(22-3)16(18)11-15/h4-5,8-11,19H,6-7H2,1-3H3. The number of benzene rings is 2. The first-order valence-corrected chi connectivity index (χ1v) is 9.64. The van der Waals surface area contributed by atoms with Crippen molar-refractivity contribution in [2.45, 2.75) is 18.7 Å². The molecule has 0 radical (unpaired) electrons. The number of aryl methyl sites for hydroxylation is 2. The minimum absolute atomic E-state index is 0.168. The Morgan fingerprint density at radius 3 is 2.33 bits per heavy atom. The second-order valence-electron chi connectivity index (χ2n) is 5.37. The number of nitrogens with one attached hydrogen (secondary N) is 1. The van der Waals surface area contributed by atoms with Gasteiger partial charge in [0.1, 0.15) is 18.1 Å². The summed E-state index contributed by atoms with van der Waals surface area (Å²) in [6, 6.07) is 10.5. The first-order valence-electron chi connectivity index (χ1n) is 7.36. The van der Waals surface area contributed by atoms with Crippen molar-refractivity contribution in [1.82, 2.24) is 4.72 Å². The number of rotatable bonds is 7. The molecule has 0 aliphatic carbocycles. The topological polar surface area (TPSA) is 64.6 Å². The first kappa shape index (κ1) is 18.8. The second kappa shape index (κ2) is 8.00. The molecule has 2 aromatic carbocycles. The first-order chi connectivity index (χ1) is 11.3. The van der Waals surface area contributed by atoms with E-state index in [-0.39, 0.29) is 18.0 Å². The van der Waals surface area contributed by atoms with E-state index in [0.29, 0.717) is 10.2 Å². The molecule has 0 spiro atoms. The molecule has 7 heteroatoms. The highest BCUT2D eigenvalue weighted by Crippen LogP contribution is 2.27. The molecular weight excluding hydrogens is 394 g/mol. The molecule has 2 rings (SSSR count). The molecule has 0 saturated heterocycles. The van der Waals surface area contributed by atoms with Gasteiger partial charge in [-0.2, -0.15) is 0 Å². The van der Waals surface area contributed by atoms with Gasteiger partial charge in [0.15, 0.2) is 0 Å². The minimum atomic E-state index is -3.59. The van der Waals surface area contributed by atoms with Gasteiger partial charge in [-0.1, -0.05) is 6.07 Å². The molecule has 0 aromatic heterocycles. The molecule has 0 unspecified atom stereocenters. The molecule has 2 aromatic rings. The highest BCUT2D eigenvalue weighted by atomic mass is 79.9. The van der Waals surface area contributed by atoms with Crippen molar-refractivity contribution < 1.29 is 17.9 Å². The molecule has 5 nitrogen and oxygen atoms in total. The van der Waals surface area contributed by atoms with Crippen molar-refractivity contribution in [1.29, 1.82) is 0 Å². The molecule has 0 aliphatic rings. The lowest BCUT2D eigenvalue weighted by Crippen LogP contribution is -2.28. The summed E-state index contributed by atoms with van der Waals surface area (Å²) in [6.07, 6.45) is 0. The van der Waals surface area contributed by atoms with Crippen LogP contribution in [0.4, 0.5) is 0 Å². The van der Waals surface area contributed by atoms with Gasteiger partial charge >= 0.3 is 0 Å². The van der Waals surface area contributed by atoms with E-state index in [4.69, 9.17) is 9.47 Å². The fourth-order valence-electron chi connectivity index (χ4n) is 2.26. The molecule has 0 aliphatic heterocycles. The summed E-state index contributed by atoms with van der Waals surface area (Å²) in [7, 11) is -2.07. The van der Waals surface area contributed by atoms with Crippen LogP contribution in [-0.2, 0) is 10.0 Å². The lowest BCUT2D eigenvalue weighted by molar-refractivity contribution is 0.322. The van der Waals surface area contributed by atoms with Crippen molar-refractivity contribution in [2.75, 3.05) is 20.3 Å². The van der Waals surface area contributed by atoms with Gasteiger partial charge in [-0.3, -0.25) is 0 Å². The summed E-state index contributed by atoms with van der Waals surface area (Å²) in [5.74, 6) is 1.31. The predicted octanol–water partition coefficient (Wildman–Crippen LogP) is 3.43. The van der Waals surface area contributed by atoms with E-state index in [1.807, 2.05) is 26.0 Å². The van der Waals surface area contributed by atoms with E-state index in [2.05, 4.69) is 26.7 Å². The van der Waals surface area contributed by atoms with Crippen LogP contribution in [0.25, 0.3) is 0 Å². The molecule has 1 N–H and O–H groups in total. The Hall–Kier alpha value is -1.57. The van der Waals surface area contributed by atoms with Gasteiger partial charge in [-0.15, -0.1) is 0 Å². The molecular formula is C17H20BrNO4S. The molecule has 0 fully saturated rings. The van der Waals surface area contributed by atoms with Crippen molar-refractivity contribution >= 4 is 26.0 Å². The Bertz CT molecular complexity index is 801. The van der Waals surface area contributed by atoms with Crippen molar-refractivity contribution in [3.05, 3.63) is 52.0 Å². The average Bonchev–Trinajstić information content (AvgIpc) is 2.50. The Kier molecular flexibility index (Phi) is 6.26. The van der Waals surface area contributed by atoms with Crippen molar-refractivity contribution in [3.8, 4) is 11.5 Å². The quantitative estimate of drug-likeness (QED) is 0.706. The summed E-state index contributed by atoms with van der Waals surface area (Å²) >= 11 is 3.28. The molecule has 0 amide bonds. The van der Waals surface area contributed by atoms with E-state index in [9.17, 15) is 8.42 Å². The van der Waals surface area contributed by atoms with Gasteiger partial charge < -0.3 is 9.47 Å². The summed E-state index contributed by atoms with van der Waals surface area (Å²) < 4.78 is 38.4. The Labute approximate surface area is 151 Å². The molecule has 130 valence electrons. The smallest absolute Gasteiger partial charge is 0.240 e. The molecule has 0 heterocycles. The van der Waals surface area contributed by atoms with Gasteiger partial charge in [0.05, 0.1) is 16.5 Å². The lowest BCUT2D eigenvalue weighted by Gasteiger charge is -2.11. The third-order valence-corrected chi connectivity index (χ3v) is 5.37. The van der Waals surface area contributed by atoms with Crippen LogP contribution in [0.5, 0.6) is 11.5 Å². The minimum Gasteiger partial charge on any atom is -0.496 e. The average molecular weight is 414 g/mol. The Morgan fingerprint density at radius 1 is 1.08 bits per heavy atom. The highest BCUT2D eigenvalue weighted by molar-refractivity contribution is 9.10. The van der Waals surface area contributed by atoms with Crippen LogP contribution in [0.2, 0.25) is 0 Å². The Balaban J connectivity index is 1.94. The van der Waals surface area contributed by atoms with Crippen molar-refractivity contribution in [2.24, 2.45) is 0 Å². The SMILES string of the molecule is COc1ccc(S(=O)(=O)NCCOc2cc(C)cc(C)c2)cc1Br. The predicted molar refractivity (Wildman–Crippen MR) is 97.3 cm³/mol. The fraction of sp³-hybridized carbons (Fsp3) is 0.294. The molecule has 24 heavy (non-hydrogen) atoms. The van der Waals surface area contributed by atoms with E-state index in [1.54, 1.807) is 6.07 Å². The van der Waals surface area contributed by atoms with Gasteiger partial charge in [-0.25, -0.2) is 13.1 Å². The number of methoxy groups -OCH3 is 1. The van der Waals surface area contributed by atoms with E-state index in [1.165, 1.54) is 19.2 Å². The maximum atomic E-state index is 12.3. The molecule has 0 atom stereocenters. The van der Waals surface area contributed by atoms with Crippen LogP contribution in [0.3, 0.4) is 0 Å². The fourth-order valence-corrected chi connectivity index (χ4v) is 3.99. The molecule has 0 saturated carbocycles. The van der Waals surface area contributed by atoms with Crippen molar-refractivity contribution in [3.63, 3.8) is 0 Å². The third-order valence-electron chi connectivity index (χ3n) is 3.29. The number of halogens is 1. The summed E-state index contributed by atoms with van der Waals surface area (Å²) in [6.45, 7) is 4.41. The number of hydrogen-bond donors (Lipinski definition) is 1. The maximum absolute atomic E-state index is 12.3. The van der Waals surface area contributed by atoms with Crippen LogP contribution in [0.15, 0.2) is 45.8 Å². The van der Waals surface area contributed by atoms with E-state index < -0.39 is 10.0 Å². The van der Waals surface area contributed by atoms with E-state index >= 15 is 0 Å². The number of ether oxygens (including phenoxy) is 2. The number of hydrogen-bond acceptors (Lipinski definition) is 4. The van der Waals surface area contributed by atoms with Crippen LogP contribution >= 0.6 is 15.9 Å². The monoisotopic (exact) mass is 413 g/mol. The van der Waals surface area contributed by atoms with Gasteiger partial charge in [-0.05, 0) is 71.2 Å². The molecule has 0 bridgehead atoms. The summed E-state index contributed by atoms with van der Waals surface area (Å²) in [5.41, 5.74) is 2.21. The van der Waals surface area contributed by atoms with Gasteiger partial charge in [0.25, 0.3) is 0 Å². The maximum Gasteiger partial charge on any atom is 0.240 e. The highest BCUT2D eigenvalue weighted by Gasteiger charge is 2.15. The number of sulfonamides is 1. The van der Waals surface area contributed by atoms with Crippen LogP contribution in [0, 0.1) is 13.8 Å². The summed E-state index contributed by atoms with van der Waals surface area (Å²) in [4.78, 5) is 0.168. The zero-order valence-corrected chi connectivity index (χ0v) is 16.2. The van der Waals surface area contributed by atoms with Crippen LogP contribution < -0.4 is 14.2 Å².